The van der Waals surface area contributed by atoms with Gasteiger partial charge in [0.05, 0.1) is 18.6 Å². The second-order valence-corrected chi connectivity index (χ2v) is 10.5. The Morgan fingerprint density at radius 2 is 1.74 bits per heavy atom. The Balaban J connectivity index is 1.69. The lowest BCUT2D eigenvalue weighted by molar-refractivity contribution is 0.145. The zero-order valence-electron chi connectivity index (χ0n) is 17.4. The molecule has 0 atom stereocenters. The van der Waals surface area contributed by atoms with Crippen molar-refractivity contribution in [1.82, 2.24) is 23.6 Å². The minimum atomic E-state index is -3.16. The minimum Gasteiger partial charge on any atom is -0.282 e. The third-order valence-corrected chi connectivity index (χ3v) is 7.28. The highest BCUT2D eigenvalue weighted by Gasteiger charge is 2.24. The molecule has 4 rings (SSSR count). The largest absolute Gasteiger partial charge is 0.282 e. The molecular weight excluding hydrogens is 454 g/mol. The van der Waals surface area contributed by atoms with Gasteiger partial charge in [0.15, 0.2) is 5.82 Å². The molecule has 0 saturated carbocycles. The summed E-state index contributed by atoms with van der Waals surface area (Å²) in [7, 11) is -3.16. The van der Waals surface area contributed by atoms with Crippen LogP contribution in [-0.2, 0) is 16.7 Å². The van der Waals surface area contributed by atoms with Gasteiger partial charge in [-0.15, -0.1) is 5.10 Å². The molecule has 1 aliphatic heterocycles. The van der Waals surface area contributed by atoms with Gasteiger partial charge in [-0.05, 0) is 61.1 Å². The van der Waals surface area contributed by atoms with E-state index in [1.54, 1.807) is 4.68 Å². The summed E-state index contributed by atoms with van der Waals surface area (Å²) in [4.78, 5) is 2.16. The van der Waals surface area contributed by atoms with Gasteiger partial charge in [-0.2, -0.15) is 4.31 Å². The highest BCUT2D eigenvalue weighted by Crippen LogP contribution is 2.25. The van der Waals surface area contributed by atoms with Crippen LogP contribution in [0.15, 0.2) is 48.5 Å². The first kappa shape index (κ1) is 22.2. The summed E-state index contributed by atoms with van der Waals surface area (Å²) < 4.78 is 29.4. The Bertz CT molecular complexity index is 1240. The predicted octanol–water partition coefficient (Wildman–Crippen LogP) is 3.57. The highest BCUT2D eigenvalue weighted by atomic mass is 35.5. The molecule has 0 N–H and O–H groups in total. The van der Waals surface area contributed by atoms with Gasteiger partial charge in [-0.25, -0.2) is 13.1 Å². The molecule has 1 fully saturated rings. The first-order valence-electron chi connectivity index (χ1n) is 9.93. The third-order valence-electron chi connectivity index (χ3n) is 5.34. The van der Waals surface area contributed by atoms with E-state index in [9.17, 15) is 8.42 Å². The molecule has 0 spiro atoms. The van der Waals surface area contributed by atoms with Crippen molar-refractivity contribution in [2.75, 3.05) is 32.4 Å². The molecule has 0 unspecified atom stereocenters. The fraction of sp³-hybridized carbons (Fsp3) is 0.333. The Morgan fingerprint density at radius 1 is 1.06 bits per heavy atom. The monoisotopic (exact) mass is 477 g/mol. The Labute approximate surface area is 192 Å². The molecule has 7 nitrogen and oxygen atoms in total. The number of hydrogen-bond acceptors (Lipinski definition) is 5. The molecule has 1 aromatic heterocycles. The molecule has 0 amide bonds. The number of benzene rings is 2. The summed E-state index contributed by atoms with van der Waals surface area (Å²) in [5.41, 5.74) is 2.99. The maximum atomic E-state index is 11.8. The lowest BCUT2D eigenvalue weighted by Gasteiger charge is -2.32. The van der Waals surface area contributed by atoms with Crippen molar-refractivity contribution in [3.8, 4) is 17.1 Å². The molecule has 31 heavy (non-hydrogen) atoms. The zero-order chi connectivity index (χ0) is 22.2. The van der Waals surface area contributed by atoms with Gasteiger partial charge in [0, 0.05) is 36.8 Å². The van der Waals surface area contributed by atoms with Crippen LogP contribution in [0.2, 0.25) is 5.02 Å². The Hall–Kier alpha value is -2.04. The van der Waals surface area contributed by atoms with Gasteiger partial charge in [0.2, 0.25) is 14.8 Å². The van der Waals surface area contributed by atoms with E-state index in [1.165, 1.54) is 10.6 Å². The number of aryl methyl sites for hydroxylation is 1. The molecule has 0 aliphatic carbocycles. The molecule has 2 aromatic carbocycles. The number of piperazine rings is 1. The fourth-order valence-electron chi connectivity index (χ4n) is 3.68. The van der Waals surface area contributed by atoms with Gasteiger partial charge in [0.25, 0.3) is 0 Å². The van der Waals surface area contributed by atoms with Crippen LogP contribution in [0, 0.1) is 11.7 Å². The van der Waals surface area contributed by atoms with Crippen LogP contribution < -0.4 is 0 Å². The van der Waals surface area contributed by atoms with Crippen molar-refractivity contribution in [2.24, 2.45) is 0 Å². The summed E-state index contributed by atoms with van der Waals surface area (Å²) in [6.45, 7) is 4.73. The summed E-state index contributed by atoms with van der Waals surface area (Å²) in [6, 6.07) is 15.7. The van der Waals surface area contributed by atoms with E-state index in [-0.39, 0.29) is 0 Å². The SMILES string of the molecule is Cc1cccc(-n2c(-c3ccc(Cl)cc3)nn(CN3CCN(S(C)(=O)=O)CC3)c2=S)c1. The summed E-state index contributed by atoms with van der Waals surface area (Å²) in [5.74, 6) is 0.738. The first-order valence-corrected chi connectivity index (χ1v) is 12.6. The van der Waals surface area contributed by atoms with Crippen molar-refractivity contribution in [3.05, 3.63) is 63.9 Å². The van der Waals surface area contributed by atoms with Gasteiger partial charge in [0.1, 0.15) is 0 Å². The van der Waals surface area contributed by atoms with Crippen molar-refractivity contribution in [2.45, 2.75) is 13.6 Å². The highest BCUT2D eigenvalue weighted by molar-refractivity contribution is 7.88. The zero-order valence-corrected chi connectivity index (χ0v) is 19.8. The number of hydrogen-bond donors (Lipinski definition) is 0. The standard InChI is InChI=1S/C21H24ClN5O2S2/c1-16-4-3-5-19(14-16)27-20(17-6-8-18(22)9-7-17)23-26(21(27)30)15-24-10-12-25(13-11-24)31(2,28)29/h3-9,14H,10-13,15H2,1-2H3. The van der Waals surface area contributed by atoms with Crippen molar-refractivity contribution in [1.29, 1.82) is 0 Å². The van der Waals surface area contributed by atoms with Gasteiger partial charge < -0.3 is 0 Å². The number of aromatic nitrogens is 3. The fourth-order valence-corrected chi connectivity index (χ4v) is 4.92. The number of rotatable bonds is 5. The molecule has 0 bridgehead atoms. The van der Waals surface area contributed by atoms with Crippen LogP contribution >= 0.6 is 23.8 Å². The minimum absolute atomic E-state index is 0.467. The van der Waals surface area contributed by atoms with E-state index in [2.05, 4.69) is 11.0 Å². The summed E-state index contributed by atoms with van der Waals surface area (Å²) in [5, 5.41) is 5.50. The topological polar surface area (TPSA) is 63.4 Å². The van der Waals surface area contributed by atoms with Crippen LogP contribution in [-0.4, -0.2) is 64.4 Å². The lowest BCUT2D eigenvalue weighted by Crippen LogP contribution is -2.48. The van der Waals surface area contributed by atoms with Crippen LogP contribution in [0.3, 0.4) is 0 Å². The molecule has 2 heterocycles. The maximum Gasteiger partial charge on any atom is 0.211 e. The second kappa shape index (κ2) is 8.84. The van der Waals surface area contributed by atoms with Crippen LogP contribution in [0.5, 0.6) is 0 Å². The average molecular weight is 478 g/mol. The number of halogens is 1. The molecule has 3 aromatic rings. The van der Waals surface area contributed by atoms with E-state index in [0.29, 0.717) is 42.6 Å². The predicted molar refractivity (Wildman–Crippen MR) is 126 cm³/mol. The Kier molecular flexibility index (Phi) is 6.32. The molecule has 10 heteroatoms. The number of nitrogens with zero attached hydrogens (tertiary/aromatic N) is 5. The van der Waals surface area contributed by atoms with Crippen molar-refractivity contribution < 1.29 is 8.42 Å². The van der Waals surface area contributed by atoms with E-state index in [0.717, 1.165) is 22.6 Å². The molecule has 1 aliphatic rings. The van der Waals surface area contributed by atoms with E-state index in [1.807, 2.05) is 54.0 Å². The Morgan fingerprint density at radius 3 is 2.35 bits per heavy atom. The summed E-state index contributed by atoms with van der Waals surface area (Å²) in [6.07, 6.45) is 1.25. The summed E-state index contributed by atoms with van der Waals surface area (Å²) >= 11 is 11.9. The average Bonchev–Trinajstić information content (AvgIpc) is 3.04. The van der Waals surface area contributed by atoms with E-state index < -0.39 is 10.0 Å². The van der Waals surface area contributed by atoms with Crippen LogP contribution in [0.4, 0.5) is 0 Å². The quantitative estimate of drug-likeness (QED) is 0.526. The molecule has 0 radical (unpaired) electrons. The second-order valence-electron chi connectivity index (χ2n) is 7.71. The molecular formula is C21H24ClN5O2S2. The van der Waals surface area contributed by atoms with Crippen LogP contribution in [0.1, 0.15) is 5.56 Å². The van der Waals surface area contributed by atoms with Gasteiger partial charge >= 0.3 is 0 Å². The van der Waals surface area contributed by atoms with E-state index >= 15 is 0 Å². The molecule has 164 valence electrons. The lowest BCUT2D eigenvalue weighted by atomic mass is 10.2. The maximum absolute atomic E-state index is 11.8. The van der Waals surface area contributed by atoms with E-state index in [4.69, 9.17) is 28.9 Å². The van der Waals surface area contributed by atoms with Crippen LogP contribution in [0.25, 0.3) is 17.1 Å². The van der Waals surface area contributed by atoms with Crippen molar-refractivity contribution >= 4 is 33.8 Å². The van der Waals surface area contributed by atoms with Gasteiger partial charge in [-0.1, -0.05) is 23.7 Å². The smallest absolute Gasteiger partial charge is 0.211 e. The third kappa shape index (κ3) is 4.91. The molecule has 1 saturated heterocycles. The van der Waals surface area contributed by atoms with Gasteiger partial charge in [-0.3, -0.25) is 9.47 Å². The first-order chi connectivity index (χ1) is 14.7. The number of sulfonamides is 1. The normalized spacial score (nSPS) is 16.0. The van der Waals surface area contributed by atoms with Crippen molar-refractivity contribution in [3.63, 3.8) is 0 Å².